The number of benzene rings is 1. The van der Waals surface area contributed by atoms with Crippen molar-refractivity contribution in [1.29, 1.82) is 0 Å². The summed E-state index contributed by atoms with van der Waals surface area (Å²) >= 11 is 0. The lowest BCUT2D eigenvalue weighted by atomic mass is 10.1. The summed E-state index contributed by atoms with van der Waals surface area (Å²) in [6.45, 7) is 6.11. The van der Waals surface area contributed by atoms with E-state index in [1.807, 2.05) is 54.9 Å². The fraction of sp³-hybridized carbons (Fsp3) is 0.391. The first kappa shape index (κ1) is 21.8. The molecule has 0 bridgehead atoms. The van der Waals surface area contributed by atoms with Crippen LogP contribution in [-0.4, -0.2) is 68.8 Å². The molecule has 9 heteroatoms. The number of imidazole rings is 1. The minimum absolute atomic E-state index is 0.172. The number of aromatic amines is 1. The Morgan fingerprint density at radius 1 is 1.25 bits per heavy atom. The second-order valence-electron chi connectivity index (χ2n) is 7.86. The molecule has 2 aromatic heterocycles. The van der Waals surface area contributed by atoms with Gasteiger partial charge in [0.1, 0.15) is 11.5 Å². The average molecular weight is 437 g/mol. The van der Waals surface area contributed by atoms with Gasteiger partial charge in [0.15, 0.2) is 6.10 Å². The first-order valence-electron chi connectivity index (χ1n) is 10.8. The van der Waals surface area contributed by atoms with E-state index in [1.165, 1.54) is 0 Å². The molecule has 3 aromatic rings. The molecule has 4 rings (SSSR count). The highest BCUT2D eigenvalue weighted by Crippen LogP contribution is 2.24. The summed E-state index contributed by atoms with van der Waals surface area (Å²) in [6.07, 6.45) is 3.79. The standard InChI is InChI=1S/C23H28N6O3/c1-16-20(18-7-4-3-5-8-18)26-27-21(16)23(31)29-13-14-32-19(15-29)22(30)25-9-6-11-28-12-10-24-17(28)2/h3-5,7-8,10,12,19H,6,9,11,13-15H2,1-2H3,(H,25,30)(H,26,27). The van der Waals surface area contributed by atoms with Gasteiger partial charge in [-0.25, -0.2) is 4.98 Å². The molecule has 2 amide bonds. The lowest BCUT2D eigenvalue weighted by Gasteiger charge is -2.32. The number of morpholine rings is 1. The van der Waals surface area contributed by atoms with Gasteiger partial charge < -0.3 is 19.5 Å². The molecular formula is C23H28N6O3. The maximum absolute atomic E-state index is 13.1. The minimum atomic E-state index is -0.681. The number of carbonyl (C=O) groups is 2. The molecule has 1 aromatic carbocycles. The zero-order chi connectivity index (χ0) is 22.5. The van der Waals surface area contributed by atoms with Gasteiger partial charge in [0.25, 0.3) is 11.8 Å². The Bertz CT molecular complexity index is 1070. The monoisotopic (exact) mass is 436 g/mol. The summed E-state index contributed by atoms with van der Waals surface area (Å²) in [4.78, 5) is 31.5. The van der Waals surface area contributed by atoms with E-state index in [-0.39, 0.29) is 18.4 Å². The molecule has 168 valence electrons. The van der Waals surface area contributed by atoms with E-state index in [0.717, 1.165) is 35.6 Å². The van der Waals surface area contributed by atoms with Crippen LogP contribution in [0.5, 0.6) is 0 Å². The number of hydrogen-bond donors (Lipinski definition) is 2. The number of carbonyl (C=O) groups excluding carboxylic acids is 2. The first-order chi connectivity index (χ1) is 15.5. The maximum Gasteiger partial charge on any atom is 0.272 e. The van der Waals surface area contributed by atoms with Gasteiger partial charge in [0.05, 0.1) is 18.8 Å². The van der Waals surface area contributed by atoms with E-state index in [1.54, 1.807) is 11.1 Å². The van der Waals surface area contributed by atoms with E-state index in [2.05, 4.69) is 20.5 Å². The van der Waals surface area contributed by atoms with Crippen LogP contribution in [0.1, 0.15) is 28.3 Å². The first-order valence-corrected chi connectivity index (χ1v) is 10.8. The molecule has 1 saturated heterocycles. The smallest absolute Gasteiger partial charge is 0.272 e. The zero-order valence-electron chi connectivity index (χ0n) is 18.4. The second-order valence-corrected chi connectivity index (χ2v) is 7.86. The fourth-order valence-corrected chi connectivity index (χ4v) is 3.85. The van der Waals surface area contributed by atoms with Gasteiger partial charge in [-0.15, -0.1) is 0 Å². The summed E-state index contributed by atoms with van der Waals surface area (Å²) in [5, 5.41) is 10.1. The molecule has 0 spiro atoms. The summed E-state index contributed by atoms with van der Waals surface area (Å²) in [6, 6.07) is 9.73. The number of nitrogens with one attached hydrogen (secondary N) is 2. The van der Waals surface area contributed by atoms with E-state index >= 15 is 0 Å². The van der Waals surface area contributed by atoms with Gasteiger partial charge in [0, 0.05) is 43.2 Å². The molecule has 9 nitrogen and oxygen atoms in total. The largest absolute Gasteiger partial charge is 0.365 e. The van der Waals surface area contributed by atoms with Crippen LogP contribution in [0.4, 0.5) is 0 Å². The average Bonchev–Trinajstić information content (AvgIpc) is 3.41. The van der Waals surface area contributed by atoms with Gasteiger partial charge in [-0.3, -0.25) is 14.7 Å². The normalized spacial score (nSPS) is 16.2. The number of rotatable bonds is 7. The van der Waals surface area contributed by atoms with Crippen LogP contribution >= 0.6 is 0 Å². The molecule has 0 saturated carbocycles. The molecule has 1 fully saturated rings. The van der Waals surface area contributed by atoms with E-state index in [9.17, 15) is 9.59 Å². The van der Waals surface area contributed by atoms with Crippen molar-refractivity contribution in [2.75, 3.05) is 26.2 Å². The Kier molecular flexibility index (Phi) is 6.65. The van der Waals surface area contributed by atoms with Crippen LogP contribution in [0.3, 0.4) is 0 Å². The Labute approximate surface area is 186 Å². The van der Waals surface area contributed by atoms with E-state index in [4.69, 9.17) is 4.74 Å². The van der Waals surface area contributed by atoms with Crippen molar-refractivity contribution in [2.45, 2.75) is 32.9 Å². The minimum Gasteiger partial charge on any atom is -0.365 e. The van der Waals surface area contributed by atoms with Gasteiger partial charge >= 0.3 is 0 Å². The Hall–Kier alpha value is -3.46. The number of H-pyrrole nitrogens is 1. The van der Waals surface area contributed by atoms with Crippen molar-refractivity contribution >= 4 is 11.8 Å². The van der Waals surface area contributed by atoms with Crippen LogP contribution in [0.25, 0.3) is 11.3 Å². The highest BCUT2D eigenvalue weighted by atomic mass is 16.5. The fourth-order valence-electron chi connectivity index (χ4n) is 3.85. The van der Waals surface area contributed by atoms with E-state index < -0.39 is 6.10 Å². The molecule has 0 radical (unpaired) electrons. The maximum atomic E-state index is 13.1. The number of hydrogen-bond acceptors (Lipinski definition) is 5. The highest BCUT2D eigenvalue weighted by molar-refractivity contribution is 5.96. The molecule has 1 unspecified atom stereocenters. The lowest BCUT2D eigenvalue weighted by Crippen LogP contribution is -2.51. The van der Waals surface area contributed by atoms with Gasteiger partial charge in [0.2, 0.25) is 0 Å². The van der Waals surface area contributed by atoms with Crippen molar-refractivity contribution in [3.63, 3.8) is 0 Å². The van der Waals surface area contributed by atoms with Crippen LogP contribution < -0.4 is 5.32 Å². The highest BCUT2D eigenvalue weighted by Gasteiger charge is 2.31. The van der Waals surface area contributed by atoms with Crippen molar-refractivity contribution < 1.29 is 14.3 Å². The summed E-state index contributed by atoms with van der Waals surface area (Å²) in [7, 11) is 0. The molecule has 1 aliphatic heterocycles. The van der Waals surface area contributed by atoms with Crippen LogP contribution in [-0.2, 0) is 16.1 Å². The summed E-state index contributed by atoms with van der Waals surface area (Å²) < 4.78 is 7.68. The van der Waals surface area contributed by atoms with E-state index in [0.29, 0.717) is 25.4 Å². The summed E-state index contributed by atoms with van der Waals surface area (Å²) in [5.41, 5.74) is 2.94. The predicted octanol–water partition coefficient (Wildman–Crippen LogP) is 1.94. The number of nitrogens with zero attached hydrogens (tertiary/aromatic N) is 4. The number of ether oxygens (including phenoxy) is 1. The van der Waals surface area contributed by atoms with Crippen molar-refractivity contribution in [3.05, 3.63) is 59.8 Å². The topological polar surface area (TPSA) is 105 Å². The third-order valence-corrected chi connectivity index (χ3v) is 5.72. The quantitative estimate of drug-likeness (QED) is 0.551. The molecule has 2 N–H and O–H groups in total. The van der Waals surface area contributed by atoms with Crippen LogP contribution in [0.2, 0.25) is 0 Å². The van der Waals surface area contributed by atoms with Crippen LogP contribution in [0.15, 0.2) is 42.7 Å². The number of aromatic nitrogens is 4. The van der Waals surface area contributed by atoms with Crippen molar-refractivity contribution in [1.82, 2.24) is 30.0 Å². The zero-order valence-corrected chi connectivity index (χ0v) is 18.4. The number of amides is 2. The molecule has 3 heterocycles. The second kappa shape index (κ2) is 9.78. The lowest BCUT2D eigenvalue weighted by molar-refractivity contribution is -0.137. The van der Waals surface area contributed by atoms with Gasteiger partial charge in [-0.2, -0.15) is 5.10 Å². The summed E-state index contributed by atoms with van der Waals surface area (Å²) in [5.74, 6) is 0.579. The SMILES string of the molecule is Cc1c(-c2ccccc2)n[nH]c1C(=O)N1CCOC(C(=O)NCCCn2ccnc2C)C1. The van der Waals surface area contributed by atoms with Crippen molar-refractivity contribution in [2.24, 2.45) is 0 Å². The van der Waals surface area contributed by atoms with Crippen LogP contribution in [0, 0.1) is 13.8 Å². The van der Waals surface area contributed by atoms with Crippen molar-refractivity contribution in [3.8, 4) is 11.3 Å². The molecule has 1 aliphatic rings. The Morgan fingerprint density at radius 2 is 2.06 bits per heavy atom. The molecule has 32 heavy (non-hydrogen) atoms. The van der Waals surface area contributed by atoms with Gasteiger partial charge in [-0.05, 0) is 20.3 Å². The molecular weight excluding hydrogens is 408 g/mol. The number of aryl methyl sites for hydroxylation is 2. The Morgan fingerprint density at radius 3 is 2.81 bits per heavy atom. The van der Waals surface area contributed by atoms with Gasteiger partial charge in [-0.1, -0.05) is 30.3 Å². The predicted molar refractivity (Wildman–Crippen MR) is 119 cm³/mol. The Balaban J connectivity index is 1.32. The molecule has 1 atom stereocenters. The third kappa shape index (κ3) is 4.72. The molecule has 0 aliphatic carbocycles. The third-order valence-electron chi connectivity index (χ3n) is 5.72.